The molecule has 0 amide bonds. The topological polar surface area (TPSA) is 55.0 Å². The summed E-state index contributed by atoms with van der Waals surface area (Å²) in [6.07, 6.45) is 0. The first kappa shape index (κ1) is 16.3. The minimum Gasteiger partial charge on any atom is -0.353 e. The van der Waals surface area contributed by atoms with Crippen molar-refractivity contribution in [1.82, 2.24) is 10.2 Å². The summed E-state index contributed by atoms with van der Waals surface area (Å²) < 4.78 is 0.976. The second-order valence-electron chi connectivity index (χ2n) is 5.51. The molecular weight excluding hydrogens is 300 g/mol. The number of thioether (sulfide) groups is 1. The van der Waals surface area contributed by atoms with Gasteiger partial charge in [-0.2, -0.15) is 0 Å². The van der Waals surface area contributed by atoms with Gasteiger partial charge in [0.05, 0.1) is 0 Å². The molecule has 1 aromatic carbocycles. The quantitative estimate of drug-likeness (QED) is 0.826. The first-order valence-electron chi connectivity index (χ1n) is 6.97. The van der Waals surface area contributed by atoms with E-state index in [1.54, 1.807) is 23.1 Å². The van der Waals surface area contributed by atoms with Crippen LogP contribution in [0.2, 0.25) is 0 Å². The maximum absolute atomic E-state index is 6.48. The molecule has 21 heavy (non-hydrogen) atoms. The molecular formula is C15H22N4S2. The van der Waals surface area contributed by atoms with Crippen molar-refractivity contribution in [2.45, 2.75) is 29.5 Å². The minimum atomic E-state index is -0.0112. The summed E-state index contributed by atoms with van der Waals surface area (Å²) in [5, 5.41) is 9.66. The molecule has 2 unspecified atom stereocenters. The van der Waals surface area contributed by atoms with Gasteiger partial charge in [-0.15, -0.1) is 10.2 Å². The second kappa shape index (κ2) is 7.24. The lowest BCUT2D eigenvalue weighted by Crippen LogP contribution is -2.28. The van der Waals surface area contributed by atoms with E-state index in [9.17, 15) is 0 Å². The highest BCUT2D eigenvalue weighted by Gasteiger charge is 2.25. The molecule has 6 heteroatoms. The molecule has 0 aliphatic rings. The van der Waals surface area contributed by atoms with Crippen molar-refractivity contribution in [3.05, 3.63) is 35.9 Å². The van der Waals surface area contributed by atoms with Gasteiger partial charge in [-0.3, -0.25) is 0 Å². The molecule has 0 aliphatic heterocycles. The third kappa shape index (κ3) is 4.18. The van der Waals surface area contributed by atoms with Gasteiger partial charge in [-0.05, 0) is 11.5 Å². The Hall–Kier alpha value is -1.11. The van der Waals surface area contributed by atoms with Crippen LogP contribution in [0.4, 0.5) is 5.13 Å². The summed E-state index contributed by atoms with van der Waals surface area (Å²) in [6, 6.07) is 10.3. The third-order valence-electron chi connectivity index (χ3n) is 3.21. The van der Waals surface area contributed by atoms with Crippen LogP contribution >= 0.6 is 23.1 Å². The maximum atomic E-state index is 6.48. The van der Waals surface area contributed by atoms with Gasteiger partial charge in [0.2, 0.25) is 5.13 Å². The standard InChI is InChI=1S/C15H22N4S2/c1-10(2)13(12(16)11-8-6-5-7-9-11)20-15-18-17-14(21-15)19(3)4/h5-10,12-13H,16H2,1-4H3. The van der Waals surface area contributed by atoms with Gasteiger partial charge in [0, 0.05) is 25.4 Å². The average Bonchev–Trinajstić information content (AvgIpc) is 2.93. The molecule has 4 nitrogen and oxygen atoms in total. The van der Waals surface area contributed by atoms with Crippen molar-refractivity contribution in [3.8, 4) is 0 Å². The Labute approximate surface area is 134 Å². The summed E-state index contributed by atoms with van der Waals surface area (Å²) in [5.74, 6) is 0.455. The lowest BCUT2D eigenvalue weighted by molar-refractivity contribution is 0.527. The van der Waals surface area contributed by atoms with Crippen LogP contribution in [0.1, 0.15) is 25.5 Å². The molecule has 0 saturated carbocycles. The van der Waals surface area contributed by atoms with Crippen LogP contribution in [0.5, 0.6) is 0 Å². The predicted octanol–water partition coefficient (Wildman–Crippen LogP) is 3.42. The lowest BCUT2D eigenvalue weighted by atomic mass is 9.97. The van der Waals surface area contributed by atoms with Crippen molar-refractivity contribution >= 4 is 28.2 Å². The van der Waals surface area contributed by atoms with Crippen LogP contribution in [-0.2, 0) is 0 Å². The van der Waals surface area contributed by atoms with E-state index in [-0.39, 0.29) is 11.3 Å². The van der Waals surface area contributed by atoms with Gasteiger partial charge in [-0.1, -0.05) is 67.3 Å². The smallest absolute Gasteiger partial charge is 0.208 e. The first-order chi connectivity index (χ1) is 9.99. The Morgan fingerprint density at radius 1 is 1.14 bits per heavy atom. The highest BCUT2D eigenvalue weighted by molar-refractivity contribution is 8.01. The molecule has 1 aromatic heterocycles. The number of benzene rings is 1. The summed E-state index contributed by atoms with van der Waals surface area (Å²) in [5.41, 5.74) is 7.65. The Balaban J connectivity index is 2.15. The molecule has 2 atom stereocenters. The molecule has 0 bridgehead atoms. The first-order valence-corrected chi connectivity index (χ1v) is 8.66. The molecule has 114 valence electrons. The van der Waals surface area contributed by atoms with E-state index in [1.165, 1.54) is 5.56 Å². The molecule has 0 aliphatic carbocycles. The molecule has 1 heterocycles. The van der Waals surface area contributed by atoms with Gasteiger partial charge in [0.15, 0.2) is 4.34 Å². The number of nitrogens with zero attached hydrogens (tertiary/aromatic N) is 3. The van der Waals surface area contributed by atoms with E-state index in [4.69, 9.17) is 5.73 Å². The fraction of sp³-hybridized carbons (Fsp3) is 0.467. The van der Waals surface area contributed by atoms with Gasteiger partial charge in [0.25, 0.3) is 0 Å². The van der Waals surface area contributed by atoms with Crippen LogP contribution in [-0.4, -0.2) is 29.5 Å². The van der Waals surface area contributed by atoms with E-state index >= 15 is 0 Å². The zero-order valence-electron chi connectivity index (χ0n) is 12.9. The van der Waals surface area contributed by atoms with E-state index in [2.05, 4.69) is 36.2 Å². The van der Waals surface area contributed by atoms with E-state index in [1.807, 2.05) is 37.2 Å². The molecule has 0 spiro atoms. The Kier molecular flexibility index (Phi) is 5.61. The lowest BCUT2D eigenvalue weighted by Gasteiger charge is -2.26. The Bertz CT molecular complexity index is 554. The van der Waals surface area contributed by atoms with Gasteiger partial charge < -0.3 is 10.6 Å². The van der Waals surface area contributed by atoms with Crippen LogP contribution in [0.3, 0.4) is 0 Å². The highest BCUT2D eigenvalue weighted by atomic mass is 32.2. The largest absolute Gasteiger partial charge is 0.353 e. The normalized spacial score (nSPS) is 14.2. The van der Waals surface area contributed by atoms with Crippen LogP contribution in [0, 0.1) is 5.92 Å². The molecule has 2 N–H and O–H groups in total. The maximum Gasteiger partial charge on any atom is 0.208 e. The Morgan fingerprint density at radius 2 is 1.81 bits per heavy atom. The zero-order chi connectivity index (χ0) is 15.4. The number of rotatable bonds is 6. The van der Waals surface area contributed by atoms with Gasteiger partial charge in [0.1, 0.15) is 0 Å². The van der Waals surface area contributed by atoms with E-state index < -0.39 is 0 Å². The summed E-state index contributed by atoms with van der Waals surface area (Å²) >= 11 is 3.34. The number of aromatic nitrogens is 2. The predicted molar refractivity (Wildman–Crippen MR) is 92.1 cm³/mol. The molecule has 0 saturated heterocycles. The molecule has 0 radical (unpaired) electrons. The fourth-order valence-electron chi connectivity index (χ4n) is 2.04. The van der Waals surface area contributed by atoms with Crippen molar-refractivity contribution < 1.29 is 0 Å². The van der Waals surface area contributed by atoms with E-state index in [0.29, 0.717) is 5.92 Å². The summed E-state index contributed by atoms with van der Waals surface area (Å²) in [7, 11) is 3.95. The number of nitrogens with two attached hydrogens (primary N) is 1. The third-order valence-corrected chi connectivity index (χ3v) is 6.03. The van der Waals surface area contributed by atoms with Crippen molar-refractivity contribution in [1.29, 1.82) is 0 Å². The number of hydrogen-bond acceptors (Lipinski definition) is 6. The zero-order valence-corrected chi connectivity index (χ0v) is 14.5. The monoisotopic (exact) mass is 322 g/mol. The highest BCUT2D eigenvalue weighted by Crippen LogP contribution is 2.38. The van der Waals surface area contributed by atoms with Crippen molar-refractivity contribution in [2.24, 2.45) is 11.7 Å². The van der Waals surface area contributed by atoms with Crippen LogP contribution in [0.25, 0.3) is 0 Å². The van der Waals surface area contributed by atoms with Crippen LogP contribution in [0.15, 0.2) is 34.7 Å². The SMILES string of the molecule is CC(C)C(Sc1nnc(N(C)C)s1)C(N)c1ccccc1. The molecule has 2 aromatic rings. The molecule has 2 rings (SSSR count). The Morgan fingerprint density at radius 3 is 2.33 bits per heavy atom. The minimum absolute atomic E-state index is 0.0112. The van der Waals surface area contributed by atoms with Gasteiger partial charge in [-0.25, -0.2) is 0 Å². The number of hydrogen-bond donors (Lipinski definition) is 1. The average molecular weight is 323 g/mol. The van der Waals surface area contributed by atoms with Crippen LogP contribution < -0.4 is 10.6 Å². The van der Waals surface area contributed by atoms with E-state index in [0.717, 1.165) is 9.47 Å². The fourth-order valence-corrected chi connectivity index (χ4v) is 4.18. The van der Waals surface area contributed by atoms with Crippen molar-refractivity contribution in [3.63, 3.8) is 0 Å². The summed E-state index contributed by atoms with van der Waals surface area (Å²) in [6.45, 7) is 4.41. The second-order valence-corrected chi connectivity index (χ2v) is 7.89. The molecule has 0 fully saturated rings. The van der Waals surface area contributed by atoms with Gasteiger partial charge >= 0.3 is 0 Å². The summed E-state index contributed by atoms with van der Waals surface area (Å²) in [4.78, 5) is 1.98. The van der Waals surface area contributed by atoms with Crippen molar-refractivity contribution in [2.75, 3.05) is 19.0 Å². The number of anilines is 1.